The summed E-state index contributed by atoms with van der Waals surface area (Å²) in [7, 11) is -3.36. The van der Waals surface area contributed by atoms with E-state index >= 15 is 0 Å². The molecule has 41 heavy (non-hydrogen) atoms. The summed E-state index contributed by atoms with van der Waals surface area (Å²) in [6, 6.07) is 7.21. The molecule has 2 aliphatic heterocycles. The number of carbonyl (C=O) groups excluding carboxylic acids is 1. The quantitative estimate of drug-likeness (QED) is 0.293. The predicted molar refractivity (Wildman–Crippen MR) is 140 cm³/mol. The van der Waals surface area contributed by atoms with Crippen LogP contribution in [0.4, 0.5) is 33.3 Å². The van der Waals surface area contributed by atoms with Gasteiger partial charge in [0.25, 0.3) is 5.92 Å². The number of halogens is 6. The van der Waals surface area contributed by atoms with E-state index in [-0.39, 0.29) is 52.2 Å². The van der Waals surface area contributed by atoms with E-state index in [0.29, 0.717) is 12.1 Å². The van der Waals surface area contributed by atoms with E-state index in [9.17, 15) is 35.2 Å². The standard InChI is InChI=1S/C26H25ClF5N5O3S/c1-23(7-8-41(39,40)13-23)35(14-38)11-17-21(25(17,28)29)15-3-5-16(6-4-15)36-12-24(2,26(30,31)32)22-18(36)10-33-20-9-19(27)34-37(20)22/h3-6,9-10,14,17,21H,7-8,11-13H2,1-2H3/t17-,21+,23?,24+/m0/s1. The lowest BCUT2D eigenvalue weighted by Gasteiger charge is -2.34. The van der Waals surface area contributed by atoms with Crippen LogP contribution in [-0.4, -0.2) is 76.6 Å². The first-order valence-corrected chi connectivity index (χ1v) is 15.0. The minimum Gasteiger partial charge on any atom is -0.338 e. The summed E-state index contributed by atoms with van der Waals surface area (Å²) in [4.78, 5) is 18.6. The number of sulfone groups is 1. The van der Waals surface area contributed by atoms with Crippen molar-refractivity contribution in [2.75, 3.05) is 29.5 Å². The molecule has 0 spiro atoms. The van der Waals surface area contributed by atoms with E-state index in [2.05, 4.69) is 10.1 Å². The maximum absolute atomic E-state index is 15.0. The molecule has 1 amide bonds. The van der Waals surface area contributed by atoms with Gasteiger partial charge in [-0.25, -0.2) is 26.7 Å². The van der Waals surface area contributed by atoms with Crippen LogP contribution in [0.1, 0.15) is 37.4 Å². The molecule has 1 saturated heterocycles. The number of hydrogen-bond acceptors (Lipinski definition) is 6. The Morgan fingerprint density at radius 3 is 2.46 bits per heavy atom. The minimum absolute atomic E-state index is 0.00478. The monoisotopic (exact) mass is 617 g/mol. The van der Waals surface area contributed by atoms with Gasteiger partial charge in [-0.3, -0.25) is 4.79 Å². The van der Waals surface area contributed by atoms with Gasteiger partial charge in [-0.2, -0.15) is 18.3 Å². The summed E-state index contributed by atoms with van der Waals surface area (Å²) >= 11 is 5.95. The second-order valence-electron chi connectivity index (χ2n) is 11.6. The topological polar surface area (TPSA) is 87.9 Å². The lowest BCUT2D eigenvalue weighted by Crippen LogP contribution is -2.48. The summed E-state index contributed by atoms with van der Waals surface area (Å²) < 4.78 is 98.2. The number of aromatic nitrogens is 3. The third-order valence-electron chi connectivity index (χ3n) is 8.81. The second kappa shape index (κ2) is 8.76. The molecule has 0 radical (unpaired) electrons. The van der Waals surface area contributed by atoms with Crippen molar-refractivity contribution >= 4 is 44.9 Å². The van der Waals surface area contributed by atoms with Gasteiger partial charge in [0.15, 0.2) is 20.6 Å². The molecule has 220 valence electrons. The minimum atomic E-state index is -4.65. The Morgan fingerprint density at radius 2 is 1.88 bits per heavy atom. The summed E-state index contributed by atoms with van der Waals surface area (Å²) in [5.41, 5.74) is -2.56. The Kier molecular flexibility index (Phi) is 6.01. The number of benzene rings is 1. The van der Waals surface area contributed by atoms with Crippen LogP contribution in [0.3, 0.4) is 0 Å². The van der Waals surface area contributed by atoms with E-state index in [1.165, 1.54) is 46.3 Å². The molecule has 8 nitrogen and oxygen atoms in total. The number of alkyl halides is 5. The normalized spacial score (nSPS) is 30.0. The van der Waals surface area contributed by atoms with Gasteiger partial charge in [0.1, 0.15) is 5.41 Å². The van der Waals surface area contributed by atoms with E-state index in [4.69, 9.17) is 11.6 Å². The molecule has 1 aliphatic carbocycles. The van der Waals surface area contributed by atoms with Gasteiger partial charge in [-0.05, 0) is 38.0 Å². The van der Waals surface area contributed by atoms with Gasteiger partial charge >= 0.3 is 6.18 Å². The molecule has 1 saturated carbocycles. The smallest absolute Gasteiger partial charge is 0.338 e. The van der Waals surface area contributed by atoms with Crippen molar-refractivity contribution in [1.82, 2.24) is 19.5 Å². The van der Waals surface area contributed by atoms with Gasteiger partial charge in [0.2, 0.25) is 6.41 Å². The summed E-state index contributed by atoms with van der Waals surface area (Å²) in [6.07, 6.45) is -2.73. The Morgan fingerprint density at radius 1 is 1.20 bits per heavy atom. The van der Waals surface area contributed by atoms with Crippen LogP contribution in [0, 0.1) is 5.92 Å². The van der Waals surface area contributed by atoms with Gasteiger partial charge in [0.05, 0.1) is 46.5 Å². The zero-order chi connectivity index (χ0) is 29.8. The molecular formula is C26H25ClF5N5O3S. The highest BCUT2D eigenvalue weighted by atomic mass is 35.5. The third kappa shape index (κ3) is 4.27. The third-order valence-corrected chi connectivity index (χ3v) is 10.9. The van der Waals surface area contributed by atoms with Crippen LogP contribution in [0.2, 0.25) is 5.15 Å². The van der Waals surface area contributed by atoms with Crippen LogP contribution < -0.4 is 4.90 Å². The van der Waals surface area contributed by atoms with Crippen LogP contribution >= 0.6 is 11.6 Å². The lowest BCUT2D eigenvalue weighted by atomic mass is 9.87. The van der Waals surface area contributed by atoms with E-state index in [0.717, 1.165) is 11.4 Å². The maximum Gasteiger partial charge on any atom is 0.401 e. The molecule has 0 bridgehead atoms. The molecule has 2 fully saturated rings. The zero-order valence-corrected chi connectivity index (χ0v) is 23.4. The average Bonchev–Trinajstić information content (AvgIpc) is 3.20. The molecule has 3 aliphatic rings. The van der Waals surface area contributed by atoms with Gasteiger partial charge < -0.3 is 9.80 Å². The van der Waals surface area contributed by atoms with Crippen molar-refractivity contribution in [3.8, 4) is 0 Å². The van der Waals surface area contributed by atoms with Crippen molar-refractivity contribution in [1.29, 1.82) is 0 Å². The van der Waals surface area contributed by atoms with Crippen LogP contribution in [0.15, 0.2) is 36.5 Å². The number of amides is 1. The molecule has 6 rings (SSSR count). The molecule has 4 atom stereocenters. The fraction of sp³-hybridized carbons (Fsp3) is 0.500. The Hall–Kier alpha value is -3.00. The second-order valence-corrected chi connectivity index (χ2v) is 14.2. The molecule has 4 heterocycles. The summed E-state index contributed by atoms with van der Waals surface area (Å²) in [5.74, 6) is -5.97. The highest BCUT2D eigenvalue weighted by molar-refractivity contribution is 7.91. The first-order chi connectivity index (χ1) is 19.0. The largest absolute Gasteiger partial charge is 0.401 e. The summed E-state index contributed by atoms with van der Waals surface area (Å²) in [6.45, 7) is 1.85. The number of fused-ring (bicyclic) bond motifs is 3. The zero-order valence-electron chi connectivity index (χ0n) is 21.9. The van der Waals surface area contributed by atoms with Crippen molar-refractivity contribution in [3.05, 3.63) is 52.9 Å². The first-order valence-electron chi connectivity index (χ1n) is 12.8. The predicted octanol–water partition coefficient (Wildman–Crippen LogP) is 4.74. The van der Waals surface area contributed by atoms with Gasteiger partial charge in [-0.1, -0.05) is 23.7 Å². The van der Waals surface area contributed by atoms with Gasteiger partial charge in [0, 0.05) is 24.8 Å². The Labute approximate surface area is 237 Å². The van der Waals surface area contributed by atoms with Crippen molar-refractivity contribution in [3.63, 3.8) is 0 Å². The van der Waals surface area contributed by atoms with Crippen LogP contribution in [-0.2, 0) is 20.0 Å². The Balaban J connectivity index is 1.28. The maximum atomic E-state index is 15.0. The number of anilines is 2. The lowest BCUT2D eigenvalue weighted by molar-refractivity contribution is -0.181. The van der Waals surface area contributed by atoms with Crippen molar-refractivity contribution < 1.29 is 35.2 Å². The Bertz CT molecular complexity index is 1660. The van der Waals surface area contributed by atoms with Crippen molar-refractivity contribution in [2.45, 2.75) is 49.2 Å². The molecule has 0 N–H and O–H groups in total. The molecule has 2 aromatic heterocycles. The highest BCUT2D eigenvalue weighted by Crippen LogP contribution is 2.62. The van der Waals surface area contributed by atoms with Crippen molar-refractivity contribution in [2.24, 2.45) is 5.92 Å². The molecule has 1 aromatic carbocycles. The van der Waals surface area contributed by atoms with E-state index < -0.39 is 51.3 Å². The SMILES string of the molecule is CC1(N(C=O)C[C@H]2[C@@H](c3ccc(N4C[C@@](C)(C(F)(F)F)c5c4cnc4cc(Cl)nn54)cc3)C2(F)F)CCS(=O)(=O)C1. The molecule has 3 aromatic rings. The number of rotatable bonds is 6. The van der Waals surface area contributed by atoms with E-state index in [1.807, 2.05) is 0 Å². The molecule has 15 heteroatoms. The van der Waals surface area contributed by atoms with Crippen LogP contribution in [0.25, 0.3) is 5.65 Å². The number of hydrogen-bond donors (Lipinski definition) is 0. The molecular weight excluding hydrogens is 593 g/mol. The van der Waals surface area contributed by atoms with Gasteiger partial charge in [-0.15, -0.1) is 0 Å². The van der Waals surface area contributed by atoms with Crippen LogP contribution in [0.5, 0.6) is 0 Å². The summed E-state index contributed by atoms with van der Waals surface area (Å²) in [5, 5.41) is 4.01. The highest BCUT2D eigenvalue weighted by Gasteiger charge is 2.69. The number of carbonyl (C=O) groups is 1. The van der Waals surface area contributed by atoms with E-state index in [1.54, 1.807) is 6.92 Å². The number of nitrogens with zero attached hydrogens (tertiary/aromatic N) is 5. The fourth-order valence-electron chi connectivity index (χ4n) is 6.30. The average molecular weight is 618 g/mol. The fourth-order valence-corrected chi connectivity index (χ4v) is 8.62. The first kappa shape index (κ1) is 28.1. The molecule has 1 unspecified atom stereocenters.